The molecule has 3 N–H and O–H groups in total. The number of rotatable bonds is 6. The molecule has 1 aromatic carbocycles. The van der Waals surface area contributed by atoms with Crippen molar-refractivity contribution in [3.63, 3.8) is 0 Å². The van der Waals surface area contributed by atoms with Crippen LogP contribution in [-0.2, 0) is 24.7 Å². The van der Waals surface area contributed by atoms with Gasteiger partial charge in [-0.3, -0.25) is 4.79 Å². The fourth-order valence-corrected chi connectivity index (χ4v) is 3.76. The summed E-state index contributed by atoms with van der Waals surface area (Å²) in [6.07, 6.45) is 0.883. The summed E-state index contributed by atoms with van der Waals surface area (Å²) < 4.78 is 48.6. The van der Waals surface area contributed by atoms with E-state index >= 15 is 0 Å². The molecule has 11 heteroatoms. The van der Waals surface area contributed by atoms with Crippen molar-refractivity contribution >= 4 is 37.4 Å². The molecule has 118 valence electrons. The van der Waals surface area contributed by atoms with Gasteiger partial charge in [0, 0.05) is 6.26 Å². The van der Waals surface area contributed by atoms with Gasteiger partial charge >= 0.3 is 5.97 Å². The number of hydrogen-bond donors (Lipinski definition) is 3. The van der Waals surface area contributed by atoms with Gasteiger partial charge in [-0.1, -0.05) is 11.6 Å². The van der Waals surface area contributed by atoms with Crippen molar-refractivity contribution in [2.75, 3.05) is 12.9 Å². The first-order valence-corrected chi connectivity index (χ1v) is 9.10. The minimum absolute atomic E-state index is 0.281. The number of aliphatic hydroxyl groups excluding tert-OH is 1. The molecule has 0 aliphatic heterocycles. The average molecular weight is 358 g/mol. The van der Waals surface area contributed by atoms with Crippen LogP contribution >= 0.6 is 11.6 Å². The lowest BCUT2D eigenvalue weighted by molar-refractivity contribution is -0.139. The Labute approximate surface area is 126 Å². The monoisotopic (exact) mass is 357 g/mol. The third-order valence-electron chi connectivity index (χ3n) is 2.40. The predicted molar refractivity (Wildman–Crippen MR) is 73.4 cm³/mol. The lowest BCUT2D eigenvalue weighted by atomic mass is 10.3. The number of benzene rings is 1. The Bertz CT molecular complexity index is 758. The van der Waals surface area contributed by atoms with Gasteiger partial charge in [0.1, 0.15) is 10.9 Å². The maximum absolute atomic E-state index is 12.0. The molecule has 0 unspecified atom stereocenters. The molecule has 0 spiro atoms. The van der Waals surface area contributed by atoms with E-state index in [1.54, 1.807) is 4.72 Å². The Morgan fingerprint density at radius 3 is 2.33 bits per heavy atom. The van der Waals surface area contributed by atoms with Gasteiger partial charge in [-0.25, -0.2) is 16.8 Å². The number of sulfonamides is 1. The number of carboxylic acid groups (broad SMARTS) is 1. The second kappa shape index (κ2) is 6.28. The Hall–Kier alpha value is -1.20. The average Bonchev–Trinajstić information content (AvgIpc) is 2.34. The molecule has 0 amide bonds. The van der Waals surface area contributed by atoms with E-state index in [0.717, 1.165) is 24.5 Å². The molecule has 0 bridgehead atoms. The zero-order chi connectivity index (χ0) is 16.4. The summed E-state index contributed by atoms with van der Waals surface area (Å²) in [5, 5.41) is 17.3. The van der Waals surface area contributed by atoms with E-state index in [4.69, 9.17) is 21.8 Å². The quantitative estimate of drug-likeness (QED) is 0.622. The normalized spacial score (nSPS) is 13.9. The molecular weight excluding hydrogens is 346 g/mol. The van der Waals surface area contributed by atoms with E-state index in [2.05, 4.69) is 0 Å². The number of aliphatic carboxylic acids is 1. The number of sulfone groups is 1. The van der Waals surface area contributed by atoms with Crippen LogP contribution in [0.2, 0.25) is 5.02 Å². The fraction of sp³-hybridized carbons (Fsp3) is 0.300. The van der Waals surface area contributed by atoms with Gasteiger partial charge in [-0.05, 0) is 18.2 Å². The van der Waals surface area contributed by atoms with Crippen LogP contribution in [-0.4, -0.2) is 51.9 Å². The predicted octanol–water partition coefficient (Wildman–Crippen LogP) is -0.533. The summed E-state index contributed by atoms with van der Waals surface area (Å²) in [4.78, 5) is 9.86. The van der Waals surface area contributed by atoms with Crippen LogP contribution in [0, 0.1) is 0 Å². The first-order valence-electron chi connectivity index (χ1n) is 5.34. The third-order valence-corrected chi connectivity index (χ3v) is 5.46. The van der Waals surface area contributed by atoms with Crippen molar-refractivity contribution in [2.24, 2.45) is 0 Å². The highest BCUT2D eigenvalue weighted by Gasteiger charge is 2.27. The van der Waals surface area contributed by atoms with Gasteiger partial charge in [0.05, 0.1) is 16.5 Å². The zero-order valence-electron chi connectivity index (χ0n) is 10.6. The van der Waals surface area contributed by atoms with Gasteiger partial charge in [0.2, 0.25) is 10.0 Å². The molecule has 1 aromatic rings. The molecule has 0 aromatic heterocycles. The Morgan fingerprint density at radius 2 is 1.90 bits per heavy atom. The van der Waals surface area contributed by atoms with E-state index < -0.39 is 43.4 Å². The van der Waals surface area contributed by atoms with Gasteiger partial charge in [0.15, 0.2) is 9.84 Å². The number of hydrogen-bond acceptors (Lipinski definition) is 6. The number of carboxylic acids is 1. The van der Waals surface area contributed by atoms with Gasteiger partial charge in [-0.15, -0.1) is 0 Å². The minimum Gasteiger partial charge on any atom is -0.480 e. The molecule has 8 nitrogen and oxygen atoms in total. The van der Waals surface area contributed by atoms with Crippen molar-refractivity contribution in [1.29, 1.82) is 0 Å². The second-order valence-electron chi connectivity index (χ2n) is 4.06. The van der Waals surface area contributed by atoms with Gasteiger partial charge < -0.3 is 10.2 Å². The summed E-state index contributed by atoms with van der Waals surface area (Å²) in [5.41, 5.74) is 0. The standard InChI is InChI=1S/C10H12ClNO7S2/c1-20(16,17)6-2-3-7(11)9(4-6)21(18,19)12-8(5-13)10(14)15/h2-4,8,12-13H,5H2,1H3,(H,14,15)/t8-/m0/s1. The summed E-state index contributed by atoms with van der Waals surface area (Å²) in [7, 11) is -8.09. The number of halogens is 1. The van der Waals surface area contributed by atoms with E-state index in [-0.39, 0.29) is 9.92 Å². The molecular formula is C10H12ClNO7S2. The zero-order valence-corrected chi connectivity index (χ0v) is 13.0. The molecule has 1 rings (SSSR count). The highest BCUT2D eigenvalue weighted by molar-refractivity contribution is 7.91. The molecule has 0 saturated carbocycles. The van der Waals surface area contributed by atoms with E-state index in [1.165, 1.54) is 0 Å². The minimum atomic E-state index is -4.42. The Balaban J connectivity index is 3.35. The molecule has 0 heterocycles. The summed E-state index contributed by atoms with van der Waals surface area (Å²) in [6, 6.07) is 1.24. The number of aliphatic hydroxyl groups is 1. The maximum Gasteiger partial charge on any atom is 0.324 e. The van der Waals surface area contributed by atoms with Crippen molar-refractivity contribution in [3.8, 4) is 0 Å². The largest absolute Gasteiger partial charge is 0.480 e. The fourth-order valence-electron chi connectivity index (χ4n) is 1.34. The lowest BCUT2D eigenvalue weighted by Crippen LogP contribution is -2.43. The van der Waals surface area contributed by atoms with E-state index in [9.17, 15) is 21.6 Å². The SMILES string of the molecule is CS(=O)(=O)c1ccc(Cl)c(S(=O)(=O)N[C@@H](CO)C(=O)O)c1. The van der Waals surface area contributed by atoms with Crippen LogP contribution in [0.25, 0.3) is 0 Å². The van der Waals surface area contributed by atoms with Crippen LogP contribution < -0.4 is 4.72 Å². The van der Waals surface area contributed by atoms with Crippen molar-refractivity contribution < 1.29 is 31.8 Å². The molecule has 0 aliphatic rings. The molecule has 21 heavy (non-hydrogen) atoms. The Kier molecular flexibility index (Phi) is 5.34. The molecule has 1 atom stereocenters. The number of carbonyl (C=O) groups is 1. The molecule has 0 aliphatic carbocycles. The van der Waals surface area contributed by atoms with Crippen LogP contribution in [0.3, 0.4) is 0 Å². The molecule has 0 saturated heterocycles. The van der Waals surface area contributed by atoms with Crippen LogP contribution in [0.4, 0.5) is 0 Å². The van der Waals surface area contributed by atoms with Crippen molar-refractivity contribution in [3.05, 3.63) is 23.2 Å². The smallest absolute Gasteiger partial charge is 0.324 e. The third kappa shape index (κ3) is 4.38. The summed E-state index contributed by atoms with van der Waals surface area (Å²) in [6.45, 7) is -0.974. The van der Waals surface area contributed by atoms with Crippen LogP contribution in [0.5, 0.6) is 0 Å². The van der Waals surface area contributed by atoms with Crippen LogP contribution in [0.1, 0.15) is 0 Å². The van der Waals surface area contributed by atoms with Crippen molar-refractivity contribution in [2.45, 2.75) is 15.8 Å². The van der Waals surface area contributed by atoms with Gasteiger partial charge in [-0.2, -0.15) is 4.72 Å². The highest BCUT2D eigenvalue weighted by Crippen LogP contribution is 2.24. The first-order chi connectivity index (χ1) is 9.49. The summed E-state index contributed by atoms with van der Waals surface area (Å²) in [5.74, 6) is -1.59. The van der Waals surface area contributed by atoms with E-state index in [1.807, 2.05) is 0 Å². The summed E-state index contributed by atoms with van der Waals surface area (Å²) >= 11 is 5.71. The van der Waals surface area contributed by atoms with Crippen molar-refractivity contribution in [1.82, 2.24) is 4.72 Å². The molecule has 0 fully saturated rings. The Morgan fingerprint density at radius 1 is 1.33 bits per heavy atom. The first kappa shape index (κ1) is 17.9. The maximum atomic E-state index is 12.0. The number of nitrogens with one attached hydrogen (secondary N) is 1. The van der Waals surface area contributed by atoms with E-state index in [0.29, 0.717) is 0 Å². The highest BCUT2D eigenvalue weighted by atomic mass is 35.5. The molecule has 0 radical (unpaired) electrons. The van der Waals surface area contributed by atoms with Crippen LogP contribution in [0.15, 0.2) is 28.0 Å². The topological polar surface area (TPSA) is 138 Å². The van der Waals surface area contributed by atoms with Gasteiger partial charge in [0.25, 0.3) is 0 Å². The lowest BCUT2D eigenvalue weighted by Gasteiger charge is -2.13. The second-order valence-corrected chi connectivity index (χ2v) is 8.16.